The first kappa shape index (κ1) is 19.9. The third-order valence-electron chi connectivity index (χ3n) is 4.28. The monoisotopic (exact) mass is 342 g/mol. The van der Waals surface area contributed by atoms with E-state index in [1.54, 1.807) is 7.11 Å². The summed E-state index contributed by atoms with van der Waals surface area (Å²) in [7, 11) is 1.62. The SMILES string of the molecule is C=CCCCC[C@@H](c1ccc(F)cc1OC)N1CCNCC1.Cl. The highest BCUT2D eigenvalue weighted by atomic mass is 35.5. The number of allylic oxidation sites excluding steroid dienone is 1. The molecular formula is C18H28ClFN2O. The number of unbranched alkanes of at least 4 members (excludes halogenated alkanes) is 2. The van der Waals surface area contributed by atoms with Gasteiger partial charge in [0, 0.05) is 43.9 Å². The van der Waals surface area contributed by atoms with Crippen LogP contribution in [0.2, 0.25) is 0 Å². The normalized spacial score (nSPS) is 16.4. The number of hydrogen-bond acceptors (Lipinski definition) is 3. The van der Waals surface area contributed by atoms with E-state index >= 15 is 0 Å². The van der Waals surface area contributed by atoms with E-state index in [0.717, 1.165) is 57.4 Å². The first-order valence-electron chi connectivity index (χ1n) is 8.15. The maximum absolute atomic E-state index is 13.5. The second-order valence-electron chi connectivity index (χ2n) is 5.76. The van der Waals surface area contributed by atoms with Crippen molar-refractivity contribution in [2.75, 3.05) is 33.3 Å². The minimum atomic E-state index is -0.244. The van der Waals surface area contributed by atoms with E-state index in [2.05, 4.69) is 16.8 Å². The Kier molecular flexibility index (Phi) is 9.22. The third kappa shape index (κ3) is 5.79. The fourth-order valence-electron chi connectivity index (χ4n) is 3.12. The van der Waals surface area contributed by atoms with Crippen LogP contribution in [-0.2, 0) is 0 Å². The Morgan fingerprint density at radius 2 is 2.09 bits per heavy atom. The fourth-order valence-corrected chi connectivity index (χ4v) is 3.12. The number of methoxy groups -OCH3 is 1. The maximum atomic E-state index is 13.5. The fraction of sp³-hybridized carbons (Fsp3) is 0.556. The second-order valence-corrected chi connectivity index (χ2v) is 5.76. The molecule has 23 heavy (non-hydrogen) atoms. The molecule has 1 atom stereocenters. The molecule has 0 radical (unpaired) electrons. The molecule has 2 rings (SSSR count). The molecule has 1 fully saturated rings. The molecule has 0 unspecified atom stereocenters. The van der Waals surface area contributed by atoms with Crippen molar-refractivity contribution >= 4 is 12.4 Å². The highest BCUT2D eigenvalue weighted by Gasteiger charge is 2.24. The van der Waals surface area contributed by atoms with E-state index in [9.17, 15) is 4.39 Å². The van der Waals surface area contributed by atoms with E-state index in [1.807, 2.05) is 12.1 Å². The van der Waals surface area contributed by atoms with Gasteiger partial charge >= 0.3 is 0 Å². The van der Waals surface area contributed by atoms with Crippen molar-refractivity contribution in [2.45, 2.75) is 31.7 Å². The van der Waals surface area contributed by atoms with Crippen LogP contribution in [0.1, 0.15) is 37.3 Å². The summed E-state index contributed by atoms with van der Waals surface area (Å²) in [6.45, 7) is 7.84. The molecule has 1 N–H and O–H groups in total. The minimum Gasteiger partial charge on any atom is -0.496 e. The van der Waals surface area contributed by atoms with Gasteiger partial charge in [-0.25, -0.2) is 4.39 Å². The van der Waals surface area contributed by atoms with Crippen LogP contribution < -0.4 is 10.1 Å². The summed E-state index contributed by atoms with van der Waals surface area (Å²) in [4.78, 5) is 2.49. The molecule has 5 heteroatoms. The van der Waals surface area contributed by atoms with E-state index in [0.29, 0.717) is 11.8 Å². The molecule has 0 amide bonds. The van der Waals surface area contributed by atoms with E-state index < -0.39 is 0 Å². The summed E-state index contributed by atoms with van der Waals surface area (Å²) >= 11 is 0. The van der Waals surface area contributed by atoms with E-state index in [-0.39, 0.29) is 18.2 Å². The quantitative estimate of drug-likeness (QED) is 0.572. The smallest absolute Gasteiger partial charge is 0.126 e. The van der Waals surface area contributed by atoms with Gasteiger partial charge in [0.25, 0.3) is 0 Å². The van der Waals surface area contributed by atoms with Gasteiger partial charge < -0.3 is 10.1 Å². The molecule has 130 valence electrons. The highest BCUT2D eigenvalue weighted by molar-refractivity contribution is 5.85. The Morgan fingerprint density at radius 3 is 2.74 bits per heavy atom. The number of halogens is 2. The van der Waals surface area contributed by atoms with Crippen LogP contribution in [0.4, 0.5) is 4.39 Å². The zero-order valence-corrected chi connectivity index (χ0v) is 14.7. The zero-order chi connectivity index (χ0) is 15.8. The molecule has 3 nitrogen and oxygen atoms in total. The van der Waals surface area contributed by atoms with Crippen LogP contribution in [0.25, 0.3) is 0 Å². The van der Waals surface area contributed by atoms with Crippen molar-refractivity contribution in [3.05, 3.63) is 42.2 Å². The number of piperazine rings is 1. The van der Waals surface area contributed by atoms with Crippen molar-refractivity contribution in [3.8, 4) is 5.75 Å². The number of ether oxygens (including phenoxy) is 1. The number of rotatable bonds is 8. The van der Waals surface area contributed by atoms with Gasteiger partial charge in [-0.1, -0.05) is 18.6 Å². The lowest BCUT2D eigenvalue weighted by molar-refractivity contribution is 0.160. The summed E-state index contributed by atoms with van der Waals surface area (Å²) in [5.74, 6) is 0.415. The average Bonchev–Trinajstić information content (AvgIpc) is 2.56. The Balaban J connectivity index is 0.00000264. The van der Waals surface area contributed by atoms with Crippen molar-refractivity contribution in [3.63, 3.8) is 0 Å². The lowest BCUT2D eigenvalue weighted by Gasteiger charge is -2.36. The van der Waals surface area contributed by atoms with Crippen LogP contribution in [0.3, 0.4) is 0 Å². The van der Waals surface area contributed by atoms with Crippen LogP contribution in [0, 0.1) is 5.82 Å². The van der Waals surface area contributed by atoms with Gasteiger partial charge in [0.15, 0.2) is 0 Å². The molecule has 0 spiro atoms. The van der Waals surface area contributed by atoms with Gasteiger partial charge in [-0.2, -0.15) is 0 Å². The highest BCUT2D eigenvalue weighted by Crippen LogP contribution is 2.34. The predicted octanol–water partition coefficient (Wildman–Crippen LogP) is 3.95. The average molecular weight is 343 g/mol. The second kappa shape index (κ2) is 10.6. The topological polar surface area (TPSA) is 24.5 Å². The summed E-state index contributed by atoms with van der Waals surface area (Å²) in [5, 5.41) is 3.39. The third-order valence-corrected chi connectivity index (χ3v) is 4.28. The molecule has 0 aliphatic carbocycles. The summed E-state index contributed by atoms with van der Waals surface area (Å²) in [6.07, 6.45) is 6.37. The first-order valence-corrected chi connectivity index (χ1v) is 8.15. The van der Waals surface area contributed by atoms with Gasteiger partial charge in [0.2, 0.25) is 0 Å². The summed E-state index contributed by atoms with van der Waals surface area (Å²) in [6, 6.07) is 5.21. The van der Waals surface area contributed by atoms with Crippen molar-refractivity contribution in [2.24, 2.45) is 0 Å². The molecule has 0 saturated carbocycles. The maximum Gasteiger partial charge on any atom is 0.126 e. The molecule has 1 aliphatic heterocycles. The Hall–Kier alpha value is -1.10. The molecular weight excluding hydrogens is 315 g/mol. The van der Waals surface area contributed by atoms with E-state index in [4.69, 9.17) is 4.74 Å². The molecule has 0 aromatic heterocycles. The summed E-state index contributed by atoms with van der Waals surface area (Å²) in [5.41, 5.74) is 1.10. The Labute approximate surface area is 145 Å². The van der Waals surface area contributed by atoms with Crippen molar-refractivity contribution < 1.29 is 9.13 Å². The molecule has 1 aromatic rings. The molecule has 1 aliphatic rings. The lowest BCUT2D eigenvalue weighted by atomic mass is 9.97. The van der Waals surface area contributed by atoms with Crippen LogP contribution in [0.5, 0.6) is 5.75 Å². The van der Waals surface area contributed by atoms with Crippen LogP contribution >= 0.6 is 12.4 Å². The van der Waals surface area contributed by atoms with Crippen molar-refractivity contribution in [1.29, 1.82) is 0 Å². The Morgan fingerprint density at radius 1 is 1.35 bits per heavy atom. The zero-order valence-electron chi connectivity index (χ0n) is 13.9. The first-order chi connectivity index (χ1) is 10.8. The van der Waals surface area contributed by atoms with Crippen LogP contribution in [0.15, 0.2) is 30.9 Å². The molecule has 1 saturated heterocycles. The van der Waals surface area contributed by atoms with Gasteiger partial charge in [-0.15, -0.1) is 19.0 Å². The van der Waals surface area contributed by atoms with Gasteiger partial charge in [0.05, 0.1) is 7.11 Å². The Bertz CT molecular complexity index is 478. The van der Waals surface area contributed by atoms with E-state index in [1.165, 1.54) is 12.1 Å². The summed E-state index contributed by atoms with van der Waals surface area (Å²) < 4.78 is 18.9. The predicted molar refractivity (Wildman–Crippen MR) is 96.0 cm³/mol. The van der Waals surface area contributed by atoms with Gasteiger partial charge in [-0.3, -0.25) is 4.90 Å². The van der Waals surface area contributed by atoms with Gasteiger partial charge in [0.1, 0.15) is 11.6 Å². The molecule has 1 aromatic carbocycles. The molecule has 1 heterocycles. The van der Waals surface area contributed by atoms with Gasteiger partial charge in [-0.05, 0) is 25.3 Å². The van der Waals surface area contributed by atoms with Crippen LogP contribution in [-0.4, -0.2) is 38.2 Å². The molecule has 0 bridgehead atoms. The van der Waals surface area contributed by atoms with Crippen molar-refractivity contribution in [1.82, 2.24) is 10.2 Å². The number of nitrogens with one attached hydrogen (secondary N) is 1. The largest absolute Gasteiger partial charge is 0.496 e. The minimum absolute atomic E-state index is 0. The number of hydrogen-bond donors (Lipinski definition) is 1. The number of nitrogens with zero attached hydrogens (tertiary/aromatic N) is 1. The number of benzene rings is 1. The lowest BCUT2D eigenvalue weighted by Crippen LogP contribution is -2.45. The standard InChI is InChI=1S/C18H27FN2O.ClH/c1-3-4-5-6-7-17(21-12-10-20-11-13-21)16-9-8-15(19)14-18(16)22-2;/h3,8-9,14,17,20H,1,4-7,10-13H2,2H3;1H/t17-;/m0./s1.